The minimum Gasteiger partial charge on any atom is -0.352 e. The molecule has 2 aromatic heterocycles. The first-order chi connectivity index (χ1) is 16.4. The Balaban J connectivity index is 1.38. The van der Waals surface area contributed by atoms with Crippen LogP contribution in [0.2, 0.25) is 0 Å². The summed E-state index contributed by atoms with van der Waals surface area (Å²) in [7, 11) is 3.00. The van der Waals surface area contributed by atoms with Gasteiger partial charge in [-0.2, -0.15) is 0 Å². The Morgan fingerprint density at radius 3 is 2.62 bits per heavy atom. The summed E-state index contributed by atoms with van der Waals surface area (Å²) in [6, 6.07) is 9.15. The summed E-state index contributed by atoms with van der Waals surface area (Å²) in [6.45, 7) is 1.49. The number of nitrogens with zero attached hydrogens (tertiary/aromatic N) is 5. The van der Waals surface area contributed by atoms with Gasteiger partial charge in [0.2, 0.25) is 5.91 Å². The standard InChI is InChI=1S/C24H30N6O4/c1-27-21-20(23(33)28(2)24(27)34)29(16-26-21)15-12-19(31)30-14-7-6-10-18(30)11-13-25-22(32)17-8-4-3-5-9-17/h3-5,8-9,16,18H,6-7,10-15H2,1-2H3,(H,25,32)/t18-/m1/s1. The SMILES string of the molecule is Cn1c(=O)c2c(ncn2CCC(=O)N2CCCC[C@@H]2CCNC(=O)c2ccccc2)n(C)c1=O. The number of amides is 2. The van der Waals surface area contributed by atoms with Crippen molar-refractivity contribution in [3.8, 4) is 0 Å². The molecule has 1 aromatic carbocycles. The van der Waals surface area contributed by atoms with Gasteiger partial charge in [0.15, 0.2) is 11.2 Å². The maximum atomic E-state index is 13.1. The van der Waals surface area contributed by atoms with Crippen molar-refractivity contribution < 1.29 is 9.59 Å². The van der Waals surface area contributed by atoms with E-state index in [4.69, 9.17) is 0 Å². The fraction of sp³-hybridized carbons (Fsp3) is 0.458. The van der Waals surface area contributed by atoms with E-state index in [1.54, 1.807) is 23.7 Å². The van der Waals surface area contributed by atoms with Gasteiger partial charge in [-0.1, -0.05) is 18.2 Å². The van der Waals surface area contributed by atoms with Gasteiger partial charge in [0.1, 0.15) is 0 Å². The molecule has 0 spiro atoms. The zero-order chi connectivity index (χ0) is 24.2. The van der Waals surface area contributed by atoms with Crippen LogP contribution in [0.5, 0.6) is 0 Å². The van der Waals surface area contributed by atoms with Crippen molar-refractivity contribution in [1.82, 2.24) is 28.9 Å². The van der Waals surface area contributed by atoms with Crippen molar-refractivity contribution in [3.63, 3.8) is 0 Å². The van der Waals surface area contributed by atoms with Crippen LogP contribution in [0.4, 0.5) is 0 Å². The predicted octanol–water partition coefficient (Wildman–Crippen LogP) is 1.03. The number of hydrogen-bond acceptors (Lipinski definition) is 5. The van der Waals surface area contributed by atoms with E-state index in [0.29, 0.717) is 42.8 Å². The predicted molar refractivity (Wildman–Crippen MR) is 128 cm³/mol. The fourth-order valence-electron chi connectivity index (χ4n) is 4.60. The van der Waals surface area contributed by atoms with E-state index in [9.17, 15) is 19.2 Å². The van der Waals surface area contributed by atoms with Crippen LogP contribution in [0.15, 0.2) is 46.2 Å². The Morgan fingerprint density at radius 1 is 1.09 bits per heavy atom. The van der Waals surface area contributed by atoms with Crippen LogP contribution in [0.1, 0.15) is 42.5 Å². The molecule has 3 heterocycles. The normalized spacial score (nSPS) is 16.1. The smallest absolute Gasteiger partial charge is 0.332 e. The Bertz CT molecular complexity index is 1310. The van der Waals surface area contributed by atoms with Crippen LogP contribution in [-0.4, -0.2) is 54.5 Å². The molecule has 4 rings (SSSR count). The summed E-state index contributed by atoms with van der Waals surface area (Å²) in [5.41, 5.74) is 0.388. The molecular formula is C24H30N6O4. The number of piperidine rings is 1. The molecule has 0 aliphatic carbocycles. The lowest BCUT2D eigenvalue weighted by Crippen LogP contribution is -2.45. The molecule has 1 aliphatic heterocycles. The number of fused-ring (bicyclic) bond motifs is 1. The number of imidazole rings is 1. The Hall–Kier alpha value is -3.69. The summed E-state index contributed by atoms with van der Waals surface area (Å²) in [6.07, 6.45) is 5.34. The van der Waals surface area contributed by atoms with E-state index in [1.165, 1.54) is 17.9 Å². The maximum absolute atomic E-state index is 13.1. The highest BCUT2D eigenvalue weighted by Crippen LogP contribution is 2.21. The number of nitrogens with one attached hydrogen (secondary N) is 1. The minimum atomic E-state index is -0.436. The van der Waals surface area contributed by atoms with Crippen molar-refractivity contribution in [2.45, 2.75) is 44.7 Å². The van der Waals surface area contributed by atoms with E-state index >= 15 is 0 Å². The maximum Gasteiger partial charge on any atom is 0.332 e. The molecule has 2 amide bonds. The summed E-state index contributed by atoms with van der Waals surface area (Å²) < 4.78 is 4.03. The van der Waals surface area contributed by atoms with Crippen molar-refractivity contribution in [2.24, 2.45) is 14.1 Å². The molecule has 180 valence electrons. The van der Waals surface area contributed by atoms with Crippen molar-refractivity contribution in [2.75, 3.05) is 13.1 Å². The van der Waals surface area contributed by atoms with Gasteiger partial charge in [0, 0.05) is 51.8 Å². The van der Waals surface area contributed by atoms with E-state index in [2.05, 4.69) is 10.3 Å². The number of carbonyl (C=O) groups is 2. The third-order valence-corrected chi connectivity index (χ3v) is 6.53. The van der Waals surface area contributed by atoms with Crippen LogP contribution in [0.3, 0.4) is 0 Å². The highest BCUT2D eigenvalue weighted by molar-refractivity contribution is 5.94. The number of rotatable bonds is 7. The summed E-state index contributed by atoms with van der Waals surface area (Å²) >= 11 is 0. The van der Waals surface area contributed by atoms with Crippen molar-refractivity contribution in [3.05, 3.63) is 63.1 Å². The molecule has 10 nitrogen and oxygen atoms in total. The Labute approximate surface area is 196 Å². The zero-order valence-electron chi connectivity index (χ0n) is 19.6. The van der Waals surface area contributed by atoms with Gasteiger partial charge in [-0.25, -0.2) is 9.78 Å². The number of aryl methyl sites for hydroxylation is 2. The second-order valence-corrected chi connectivity index (χ2v) is 8.71. The topological polar surface area (TPSA) is 111 Å². The summed E-state index contributed by atoms with van der Waals surface area (Å²) in [5.74, 6) is -0.0974. The fourth-order valence-corrected chi connectivity index (χ4v) is 4.60. The summed E-state index contributed by atoms with van der Waals surface area (Å²) in [5, 5.41) is 2.95. The molecule has 1 aliphatic rings. The van der Waals surface area contributed by atoms with E-state index in [-0.39, 0.29) is 24.3 Å². The Morgan fingerprint density at radius 2 is 1.85 bits per heavy atom. The van der Waals surface area contributed by atoms with Crippen LogP contribution < -0.4 is 16.6 Å². The van der Waals surface area contributed by atoms with Crippen molar-refractivity contribution in [1.29, 1.82) is 0 Å². The molecule has 10 heteroatoms. The highest BCUT2D eigenvalue weighted by atomic mass is 16.2. The largest absolute Gasteiger partial charge is 0.352 e. The van der Waals surface area contributed by atoms with Gasteiger partial charge in [0.25, 0.3) is 11.5 Å². The molecule has 1 saturated heterocycles. The minimum absolute atomic E-state index is 0.0163. The monoisotopic (exact) mass is 466 g/mol. The molecule has 1 N–H and O–H groups in total. The second kappa shape index (κ2) is 10.1. The van der Waals surface area contributed by atoms with E-state index in [0.717, 1.165) is 23.8 Å². The number of hydrogen-bond donors (Lipinski definition) is 1. The van der Waals surface area contributed by atoms with Gasteiger partial charge in [-0.3, -0.25) is 23.5 Å². The van der Waals surface area contributed by atoms with Gasteiger partial charge in [-0.05, 0) is 37.8 Å². The average molecular weight is 467 g/mol. The van der Waals surface area contributed by atoms with Gasteiger partial charge in [0.05, 0.1) is 6.33 Å². The first-order valence-corrected chi connectivity index (χ1v) is 11.6. The summed E-state index contributed by atoms with van der Waals surface area (Å²) in [4.78, 5) is 56.2. The first kappa shape index (κ1) is 23.5. The average Bonchev–Trinajstić information content (AvgIpc) is 3.29. The third-order valence-electron chi connectivity index (χ3n) is 6.53. The van der Waals surface area contributed by atoms with Crippen LogP contribution >= 0.6 is 0 Å². The highest BCUT2D eigenvalue weighted by Gasteiger charge is 2.26. The number of carbonyl (C=O) groups excluding carboxylic acids is 2. The van der Waals surface area contributed by atoms with Gasteiger partial charge >= 0.3 is 5.69 Å². The van der Waals surface area contributed by atoms with Crippen LogP contribution in [0, 0.1) is 0 Å². The number of likely N-dealkylation sites (tertiary alicyclic amines) is 1. The molecule has 0 bridgehead atoms. The van der Waals surface area contributed by atoms with Crippen molar-refractivity contribution >= 4 is 23.0 Å². The van der Waals surface area contributed by atoms with Gasteiger partial charge < -0.3 is 14.8 Å². The number of aromatic nitrogens is 4. The first-order valence-electron chi connectivity index (χ1n) is 11.6. The lowest BCUT2D eigenvalue weighted by Gasteiger charge is -2.36. The van der Waals surface area contributed by atoms with E-state index < -0.39 is 11.2 Å². The molecule has 3 aromatic rings. The second-order valence-electron chi connectivity index (χ2n) is 8.71. The lowest BCUT2D eigenvalue weighted by atomic mass is 9.98. The number of benzene rings is 1. The molecule has 1 atom stereocenters. The van der Waals surface area contributed by atoms with Crippen LogP contribution in [-0.2, 0) is 25.4 Å². The zero-order valence-corrected chi connectivity index (χ0v) is 19.6. The molecule has 34 heavy (non-hydrogen) atoms. The quantitative estimate of drug-likeness (QED) is 0.559. The lowest BCUT2D eigenvalue weighted by molar-refractivity contribution is -0.135. The Kier molecular flexibility index (Phi) is 6.95. The molecular weight excluding hydrogens is 436 g/mol. The third kappa shape index (κ3) is 4.66. The van der Waals surface area contributed by atoms with Gasteiger partial charge in [-0.15, -0.1) is 0 Å². The molecule has 1 fully saturated rings. The molecule has 0 radical (unpaired) electrons. The van der Waals surface area contributed by atoms with Crippen LogP contribution in [0.25, 0.3) is 11.2 Å². The molecule has 0 saturated carbocycles. The molecule has 0 unspecified atom stereocenters. The van der Waals surface area contributed by atoms with E-state index in [1.807, 2.05) is 23.1 Å².